The molecule has 0 radical (unpaired) electrons. The molecule has 0 spiro atoms. The minimum Gasteiger partial charge on any atom is -0.508 e. The van der Waals surface area contributed by atoms with Gasteiger partial charge in [-0.1, -0.05) is 42.5 Å². The lowest BCUT2D eigenvalue weighted by Gasteiger charge is -2.16. The van der Waals surface area contributed by atoms with E-state index >= 15 is 0 Å². The molecule has 1 aromatic heterocycles. The second-order valence-corrected chi connectivity index (χ2v) is 7.38. The maximum atomic E-state index is 13.4. The standard InChI is InChI=1S/C24H23ClFN3O3/c1-3-18(14-5-4-6-17(31)9-14)23(27-2)16-11-21(28-12-16)24(32)29-22(13-30)15-7-8-20(26)19(25)10-15/h3-12,22,27-28,30-31H,1,13H2,2H3,(H,29,32)/b23-18+. The summed E-state index contributed by atoms with van der Waals surface area (Å²) < 4.78 is 13.4. The van der Waals surface area contributed by atoms with Gasteiger partial charge >= 0.3 is 0 Å². The SMILES string of the molecule is C=C/C(=C(\NC)c1c[nH]c(C(=O)NC(CO)c2ccc(F)c(Cl)c2)c1)c1cccc(O)c1. The van der Waals surface area contributed by atoms with Gasteiger partial charge in [0.15, 0.2) is 0 Å². The van der Waals surface area contributed by atoms with Crippen LogP contribution in [0.2, 0.25) is 5.02 Å². The minimum atomic E-state index is -0.761. The van der Waals surface area contributed by atoms with Crippen molar-refractivity contribution in [2.45, 2.75) is 6.04 Å². The third kappa shape index (κ3) is 5.01. The molecule has 1 amide bonds. The molecule has 0 saturated heterocycles. The molecule has 0 bridgehead atoms. The Morgan fingerprint density at radius 1 is 1.25 bits per heavy atom. The molecule has 0 fully saturated rings. The maximum Gasteiger partial charge on any atom is 0.268 e. The van der Waals surface area contributed by atoms with Crippen LogP contribution in [0.1, 0.15) is 33.2 Å². The average Bonchev–Trinajstić information content (AvgIpc) is 3.27. The Hall–Kier alpha value is -3.55. The molecule has 1 unspecified atom stereocenters. The zero-order valence-electron chi connectivity index (χ0n) is 17.3. The van der Waals surface area contributed by atoms with E-state index in [0.29, 0.717) is 16.8 Å². The molecule has 0 aliphatic carbocycles. The number of H-pyrrole nitrogens is 1. The van der Waals surface area contributed by atoms with E-state index in [1.165, 1.54) is 18.2 Å². The first-order valence-corrected chi connectivity index (χ1v) is 10.1. The fourth-order valence-electron chi connectivity index (χ4n) is 3.34. The number of allylic oxidation sites excluding steroid dienone is 2. The van der Waals surface area contributed by atoms with Crippen LogP contribution in [-0.4, -0.2) is 34.8 Å². The van der Waals surface area contributed by atoms with Gasteiger partial charge in [0.25, 0.3) is 5.91 Å². The molecule has 166 valence electrons. The monoisotopic (exact) mass is 455 g/mol. The number of benzene rings is 2. The molecule has 6 nitrogen and oxygen atoms in total. The predicted molar refractivity (Wildman–Crippen MR) is 124 cm³/mol. The van der Waals surface area contributed by atoms with E-state index in [4.69, 9.17) is 11.6 Å². The largest absolute Gasteiger partial charge is 0.508 e. The summed E-state index contributed by atoms with van der Waals surface area (Å²) in [6.45, 7) is 3.48. The van der Waals surface area contributed by atoms with Crippen molar-refractivity contribution >= 4 is 28.8 Å². The minimum absolute atomic E-state index is 0.0925. The highest BCUT2D eigenvalue weighted by molar-refractivity contribution is 6.30. The zero-order chi connectivity index (χ0) is 23.3. The van der Waals surface area contributed by atoms with Crippen LogP contribution in [0.3, 0.4) is 0 Å². The maximum absolute atomic E-state index is 13.4. The van der Waals surface area contributed by atoms with Crippen LogP contribution in [0.5, 0.6) is 5.75 Å². The van der Waals surface area contributed by atoms with Gasteiger partial charge < -0.3 is 25.8 Å². The van der Waals surface area contributed by atoms with E-state index in [1.54, 1.807) is 43.6 Å². The fourth-order valence-corrected chi connectivity index (χ4v) is 3.53. The third-order valence-corrected chi connectivity index (χ3v) is 5.22. The number of aliphatic hydroxyl groups is 1. The van der Waals surface area contributed by atoms with Crippen LogP contribution < -0.4 is 10.6 Å². The van der Waals surface area contributed by atoms with Crippen LogP contribution >= 0.6 is 11.6 Å². The van der Waals surface area contributed by atoms with Gasteiger partial charge in [0.1, 0.15) is 17.3 Å². The Morgan fingerprint density at radius 2 is 2.03 bits per heavy atom. The van der Waals surface area contributed by atoms with Crippen molar-refractivity contribution in [3.63, 3.8) is 0 Å². The molecule has 1 heterocycles. The van der Waals surface area contributed by atoms with Gasteiger partial charge in [0, 0.05) is 24.4 Å². The first-order valence-electron chi connectivity index (χ1n) is 9.77. The van der Waals surface area contributed by atoms with Gasteiger partial charge in [0.05, 0.1) is 23.4 Å². The van der Waals surface area contributed by atoms with E-state index in [1.807, 2.05) is 6.07 Å². The van der Waals surface area contributed by atoms with Gasteiger partial charge in [-0.2, -0.15) is 0 Å². The summed E-state index contributed by atoms with van der Waals surface area (Å²) in [5, 5.41) is 25.2. The Balaban J connectivity index is 1.87. The predicted octanol–water partition coefficient (Wildman–Crippen LogP) is 4.25. The highest BCUT2D eigenvalue weighted by Gasteiger charge is 2.19. The van der Waals surface area contributed by atoms with Crippen LogP contribution in [0, 0.1) is 5.82 Å². The summed E-state index contributed by atoms with van der Waals surface area (Å²) in [6, 6.07) is 11.7. The third-order valence-electron chi connectivity index (χ3n) is 4.93. The van der Waals surface area contributed by atoms with Gasteiger partial charge in [-0.3, -0.25) is 4.79 Å². The molecule has 8 heteroatoms. The number of aromatic amines is 1. The summed E-state index contributed by atoms with van der Waals surface area (Å²) in [7, 11) is 1.74. The number of aromatic hydroxyl groups is 1. The Morgan fingerprint density at radius 3 is 2.66 bits per heavy atom. The fraction of sp³-hybridized carbons (Fsp3) is 0.125. The van der Waals surface area contributed by atoms with Crippen molar-refractivity contribution < 1.29 is 19.4 Å². The number of aliphatic hydroxyl groups excluding tert-OH is 1. The zero-order valence-corrected chi connectivity index (χ0v) is 18.1. The first kappa shape index (κ1) is 23.1. The molecule has 3 rings (SSSR count). The van der Waals surface area contributed by atoms with Gasteiger partial charge in [-0.15, -0.1) is 0 Å². The number of hydrogen-bond acceptors (Lipinski definition) is 4. The number of halogens is 2. The van der Waals surface area contributed by atoms with Crippen molar-refractivity contribution in [2.75, 3.05) is 13.7 Å². The second-order valence-electron chi connectivity index (χ2n) is 6.98. The second kappa shape index (κ2) is 10.2. The highest BCUT2D eigenvalue weighted by atomic mass is 35.5. The molecule has 0 aliphatic rings. The number of amides is 1. The molecule has 0 aliphatic heterocycles. The summed E-state index contributed by atoms with van der Waals surface area (Å²) in [6.07, 6.45) is 3.32. The number of hydrogen-bond donors (Lipinski definition) is 5. The molecule has 5 N–H and O–H groups in total. The molecular formula is C24H23ClFN3O3. The van der Waals surface area contributed by atoms with Crippen LogP contribution in [-0.2, 0) is 0 Å². The lowest BCUT2D eigenvalue weighted by Crippen LogP contribution is -2.31. The smallest absolute Gasteiger partial charge is 0.268 e. The number of phenols is 1. The van der Waals surface area contributed by atoms with E-state index in [0.717, 1.165) is 11.1 Å². The Kier molecular flexibility index (Phi) is 7.35. The number of carbonyl (C=O) groups excluding carboxylic acids is 1. The van der Waals surface area contributed by atoms with Crippen molar-refractivity contribution in [3.05, 3.63) is 101 Å². The van der Waals surface area contributed by atoms with E-state index in [2.05, 4.69) is 22.2 Å². The van der Waals surface area contributed by atoms with Gasteiger partial charge in [0.2, 0.25) is 0 Å². The van der Waals surface area contributed by atoms with E-state index in [-0.39, 0.29) is 23.1 Å². The summed E-state index contributed by atoms with van der Waals surface area (Å²) in [4.78, 5) is 15.7. The normalized spacial score (nSPS) is 12.6. The van der Waals surface area contributed by atoms with E-state index in [9.17, 15) is 19.4 Å². The van der Waals surface area contributed by atoms with Crippen LogP contribution in [0.15, 0.2) is 67.4 Å². The highest BCUT2D eigenvalue weighted by Crippen LogP contribution is 2.28. The number of rotatable bonds is 8. The van der Waals surface area contributed by atoms with Gasteiger partial charge in [-0.05, 0) is 41.5 Å². The number of nitrogens with one attached hydrogen (secondary N) is 3. The molecule has 1 atom stereocenters. The quantitative estimate of drug-likeness (QED) is 0.328. The number of phenolic OH excluding ortho intramolecular Hbond substituents is 1. The first-order chi connectivity index (χ1) is 15.4. The summed E-state index contributed by atoms with van der Waals surface area (Å²) in [5.74, 6) is -0.908. The lowest BCUT2D eigenvalue weighted by atomic mass is 10.0. The molecular weight excluding hydrogens is 433 g/mol. The van der Waals surface area contributed by atoms with Crippen molar-refractivity contribution in [3.8, 4) is 5.75 Å². The Bertz CT molecular complexity index is 1170. The topological polar surface area (TPSA) is 97.4 Å². The van der Waals surface area contributed by atoms with Crippen LogP contribution in [0.25, 0.3) is 11.3 Å². The molecule has 2 aromatic carbocycles. The number of aromatic nitrogens is 1. The molecule has 32 heavy (non-hydrogen) atoms. The van der Waals surface area contributed by atoms with Crippen molar-refractivity contribution in [1.29, 1.82) is 0 Å². The van der Waals surface area contributed by atoms with Crippen molar-refractivity contribution in [2.24, 2.45) is 0 Å². The van der Waals surface area contributed by atoms with Gasteiger partial charge in [-0.25, -0.2) is 4.39 Å². The summed E-state index contributed by atoms with van der Waals surface area (Å²) in [5.41, 5.74) is 3.63. The molecule has 0 saturated carbocycles. The Labute approximate surface area is 190 Å². The van der Waals surface area contributed by atoms with Crippen LogP contribution in [0.4, 0.5) is 4.39 Å². The summed E-state index contributed by atoms with van der Waals surface area (Å²) >= 11 is 5.81. The van der Waals surface area contributed by atoms with E-state index < -0.39 is 17.8 Å². The average molecular weight is 456 g/mol. The van der Waals surface area contributed by atoms with Crippen molar-refractivity contribution in [1.82, 2.24) is 15.6 Å². The molecule has 3 aromatic rings. The lowest BCUT2D eigenvalue weighted by molar-refractivity contribution is 0.0911. The number of carbonyl (C=O) groups is 1.